The maximum absolute atomic E-state index is 12.2. The van der Waals surface area contributed by atoms with Crippen molar-refractivity contribution in [3.8, 4) is 0 Å². The molecule has 2 heterocycles. The number of hydrogen-bond acceptors (Lipinski definition) is 6. The number of anilines is 1. The van der Waals surface area contributed by atoms with Gasteiger partial charge in [0, 0.05) is 18.1 Å². The van der Waals surface area contributed by atoms with Gasteiger partial charge in [-0.05, 0) is 49.2 Å². The van der Waals surface area contributed by atoms with Crippen LogP contribution in [0.5, 0.6) is 0 Å². The molecule has 0 aliphatic heterocycles. The molecule has 1 amide bonds. The predicted molar refractivity (Wildman–Crippen MR) is 101 cm³/mol. The van der Waals surface area contributed by atoms with Gasteiger partial charge in [0.15, 0.2) is 12.3 Å². The molecule has 0 fully saturated rings. The van der Waals surface area contributed by atoms with Crippen LogP contribution < -0.4 is 5.32 Å². The van der Waals surface area contributed by atoms with Crippen molar-refractivity contribution in [2.75, 3.05) is 19.0 Å². The Morgan fingerprint density at radius 3 is 2.64 bits per heavy atom. The summed E-state index contributed by atoms with van der Waals surface area (Å²) in [7, 11) is 1.28. The van der Waals surface area contributed by atoms with Gasteiger partial charge in [-0.25, -0.2) is 14.6 Å². The lowest BCUT2D eigenvalue weighted by atomic mass is 10.1. The molecule has 1 aromatic carbocycles. The molecule has 0 bridgehead atoms. The zero-order valence-corrected chi connectivity index (χ0v) is 15.7. The molecule has 0 saturated heterocycles. The third-order valence-corrected chi connectivity index (χ3v) is 4.09. The van der Waals surface area contributed by atoms with Crippen LogP contribution in [0.1, 0.15) is 32.0 Å². The number of fused-ring (bicyclic) bond motifs is 1. The highest BCUT2D eigenvalue weighted by atomic mass is 16.5. The number of amides is 1. The Hall–Kier alpha value is -3.68. The van der Waals surface area contributed by atoms with Crippen LogP contribution in [0.3, 0.4) is 0 Å². The highest BCUT2D eigenvalue weighted by Crippen LogP contribution is 2.17. The summed E-state index contributed by atoms with van der Waals surface area (Å²) in [6.07, 6.45) is 3.33. The highest BCUT2D eigenvalue weighted by molar-refractivity contribution is 5.97. The minimum atomic E-state index is -0.698. The van der Waals surface area contributed by atoms with Crippen LogP contribution in [0.2, 0.25) is 0 Å². The topological polar surface area (TPSA) is 99.0 Å². The normalized spacial score (nSPS) is 10.5. The van der Waals surface area contributed by atoms with Crippen LogP contribution in [0.4, 0.5) is 5.69 Å². The van der Waals surface area contributed by atoms with Crippen LogP contribution in [0.25, 0.3) is 5.65 Å². The van der Waals surface area contributed by atoms with Crippen LogP contribution >= 0.6 is 0 Å². The van der Waals surface area contributed by atoms with E-state index in [2.05, 4.69) is 15.0 Å². The van der Waals surface area contributed by atoms with E-state index in [1.807, 2.05) is 19.1 Å². The van der Waals surface area contributed by atoms with Crippen molar-refractivity contribution in [2.45, 2.75) is 13.8 Å². The summed E-state index contributed by atoms with van der Waals surface area (Å²) in [6.45, 7) is 3.23. The average Bonchev–Trinajstić information content (AvgIpc) is 3.10. The summed E-state index contributed by atoms with van der Waals surface area (Å²) in [4.78, 5) is 40.1. The lowest BCUT2D eigenvalue weighted by Crippen LogP contribution is -2.21. The molecule has 28 heavy (non-hydrogen) atoms. The Balaban J connectivity index is 1.63. The molecule has 0 spiro atoms. The Morgan fingerprint density at radius 2 is 1.89 bits per heavy atom. The third kappa shape index (κ3) is 4.17. The predicted octanol–water partition coefficient (Wildman–Crippen LogP) is 2.53. The summed E-state index contributed by atoms with van der Waals surface area (Å²) >= 11 is 0. The Labute approximate surface area is 161 Å². The fourth-order valence-corrected chi connectivity index (χ4v) is 2.57. The molecule has 0 aliphatic rings. The van der Waals surface area contributed by atoms with Gasteiger partial charge in [-0.2, -0.15) is 0 Å². The second kappa shape index (κ2) is 7.91. The molecule has 1 N–H and O–H groups in total. The Bertz CT molecular complexity index is 1070. The van der Waals surface area contributed by atoms with Gasteiger partial charge >= 0.3 is 11.9 Å². The lowest BCUT2D eigenvalue weighted by molar-refractivity contribution is -0.119. The van der Waals surface area contributed by atoms with E-state index in [9.17, 15) is 14.4 Å². The maximum atomic E-state index is 12.2. The van der Waals surface area contributed by atoms with E-state index in [4.69, 9.17) is 4.74 Å². The number of hydrogen-bond donors (Lipinski definition) is 1. The number of aryl methyl sites for hydroxylation is 2. The molecule has 0 radical (unpaired) electrons. The molecule has 8 heteroatoms. The number of nitrogens with zero attached hydrogens (tertiary/aromatic N) is 2. The van der Waals surface area contributed by atoms with E-state index in [-0.39, 0.29) is 5.69 Å². The molecular formula is C20H19N3O5. The van der Waals surface area contributed by atoms with Gasteiger partial charge in [-0.1, -0.05) is 6.07 Å². The number of aromatic nitrogens is 2. The smallest absolute Gasteiger partial charge is 0.359 e. The molecule has 0 saturated carbocycles. The second-order valence-electron chi connectivity index (χ2n) is 6.24. The summed E-state index contributed by atoms with van der Waals surface area (Å²) in [5.41, 5.74) is 3.24. The molecular weight excluding hydrogens is 362 g/mol. The van der Waals surface area contributed by atoms with Crippen molar-refractivity contribution in [1.29, 1.82) is 0 Å². The SMILES string of the molecule is COC(=O)c1ccc(C)c(NC(=O)COC(=O)c2cn3ccc(C)cc3n2)c1. The fraction of sp³-hybridized carbons (Fsp3) is 0.200. The number of pyridine rings is 1. The number of nitrogens with one attached hydrogen (secondary N) is 1. The molecule has 0 atom stereocenters. The first-order valence-corrected chi connectivity index (χ1v) is 8.48. The Morgan fingerprint density at radius 1 is 1.11 bits per heavy atom. The van der Waals surface area contributed by atoms with Gasteiger partial charge in [-0.15, -0.1) is 0 Å². The number of carbonyl (C=O) groups excluding carboxylic acids is 3. The molecule has 8 nitrogen and oxygen atoms in total. The van der Waals surface area contributed by atoms with Crippen LogP contribution in [0, 0.1) is 13.8 Å². The van der Waals surface area contributed by atoms with Crippen molar-refractivity contribution in [3.63, 3.8) is 0 Å². The van der Waals surface area contributed by atoms with Crippen molar-refractivity contribution < 1.29 is 23.9 Å². The summed E-state index contributed by atoms with van der Waals surface area (Å²) in [5, 5.41) is 2.62. The maximum Gasteiger partial charge on any atom is 0.359 e. The zero-order valence-electron chi connectivity index (χ0n) is 15.7. The second-order valence-corrected chi connectivity index (χ2v) is 6.24. The van der Waals surface area contributed by atoms with E-state index in [0.717, 1.165) is 11.1 Å². The van der Waals surface area contributed by atoms with Crippen LogP contribution in [-0.2, 0) is 14.3 Å². The number of rotatable bonds is 5. The third-order valence-electron chi connectivity index (χ3n) is 4.09. The molecule has 3 aromatic rings. The van der Waals surface area contributed by atoms with Crippen molar-refractivity contribution >= 4 is 29.2 Å². The van der Waals surface area contributed by atoms with Crippen LogP contribution in [0.15, 0.2) is 42.7 Å². The molecule has 0 unspecified atom stereocenters. The van der Waals surface area contributed by atoms with Crippen molar-refractivity contribution in [3.05, 3.63) is 65.1 Å². The molecule has 3 rings (SSSR count). The number of benzene rings is 1. The standard InChI is InChI=1S/C20H19N3O5/c1-12-6-7-23-10-16(21-17(23)8-12)20(26)28-11-18(24)22-15-9-14(19(25)27-3)5-4-13(15)2/h4-10H,11H2,1-3H3,(H,22,24). The Kier molecular flexibility index (Phi) is 5.39. The largest absolute Gasteiger partial charge is 0.465 e. The average molecular weight is 381 g/mol. The highest BCUT2D eigenvalue weighted by Gasteiger charge is 2.15. The van der Waals surface area contributed by atoms with Gasteiger partial charge in [0.05, 0.1) is 12.7 Å². The quantitative estimate of drug-likeness (QED) is 0.682. The first-order chi connectivity index (χ1) is 13.4. The minimum absolute atomic E-state index is 0.113. The monoisotopic (exact) mass is 381 g/mol. The van der Waals surface area contributed by atoms with Gasteiger partial charge in [0.25, 0.3) is 5.91 Å². The van der Waals surface area contributed by atoms with Gasteiger partial charge < -0.3 is 19.2 Å². The number of esters is 2. The summed E-state index contributed by atoms with van der Waals surface area (Å²) in [6, 6.07) is 8.52. The summed E-state index contributed by atoms with van der Waals surface area (Å²) in [5.74, 6) is -1.74. The van der Waals surface area contributed by atoms with Crippen molar-refractivity contribution in [1.82, 2.24) is 9.38 Å². The number of carbonyl (C=O) groups is 3. The molecule has 144 valence electrons. The van der Waals surface area contributed by atoms with Gasteiger partial charge in [-0.3, -0.25) is 4.79 Å². The van der Waals surface area contributed by atoms with Gasteiger partial charge in [0.2, 0.25) is 0 Å². The number of methoxy groups -OCH3 is 1. The van der Waals surface area contributed by atoms with E-state index in [0.29, 0.717) is 16.9 Å². The minimum Gasteiger partial charge on any atom is -0.465 e. The van der Waals surface area contributed by atoms with E-state index in [1.54, 1.807) is 35.9 Å². The molecule has 0 aliphatic carbocycles. The zero-order chi connectivity index (χ0) is 20.3. The first-order valence-electron chi connectivity index (χ1n) is 8.48. The van der Waals surface area contributed by atoms with Crippen LogP contribution in [-0.4, -0.2) is 40.9 Å². The van der Waals surface area contributed by atoms with E-state index >= 15 is 0 Å². The number of imidazole rings is 1. The lowest BCUT2D eigenvalue weighted by Gasteiger charge is -2.10. The van der Waals surface area contributed by atoms with E-state index < -0.39 is 24.5 Å². The number of ether oxygens (including phenoxy) is 2. The molecule has 2 aromatic heterocycles. The van der Waals surface area contributed by atoms with Crippen molar-refractivity contribution in [2.24, 2.45) is 0 Å². The fourth-order valence-electron chi connectivity index (χ4n) is 2.57. The van der Waals surface area contributed by atoms with Gasteiger partial charge in [0.1, 0.15) is 5.65 Å². The first kappa shape index (κ1) is 19.1. The summed E-state index contributed by atoms with van der Waals surface area (Å²) < 4.78 is 11.4. The van der Waals surface area contributed by atoms with E-state index in [1.165, 1.54) is 13.2 Å².